The Morgan fingerprint density at radius 1 is 1.43 bits per heavy atom. The van der Waals surface area contributed by atoms with Crippen LogP contribution in [0.3, 0.4) is 0 Å². The van der Waals surface area contributed by atoms with Crippen LogP contribution in [0.5, 0.6) is 0 Å². The Kier molecular flexibility index (Phi) is 3.98. The number of anilines is 1. The van der Waals surface area contributed by atoms with Crippen molar-refractivity contribution in [3.63, 3.8) is 0 Å². The van der Waals surface area contributed by atoms with E-state index in [0.29, 0.717) is 0 Å². The van der Waals surface area contributed by atoms with Gasteiger partial charge in [0.05, 0.1) is 16.9 Å². The van der Waals surface area contributed by atoms with Gasteiger partial charge in [0.25, 0.3) is 0 Å². The molecule has 1 N–H and O–H groups in total. The Labute approximate surface area is 93.7 Å². The van der Waals surface area contributed by atoms with E-state index >= 15 is 0 Å². The molecule has 2 nitrogen and oxygen atoms in total. The van der Waals surface area contributed by atoms with Gasteiger partial charge in [0, 0.05) is 10.2 Å². The number of nitrogens with one attached hydrogen (secondary N) is 1. The van der Waals surface area contributed by atoms with E-state index in [1.54, 1.807) is 0 Å². The molecule has 0 fully saturated rings. The van der Waals surface area contributed by atoms with Crippen LogP contribution in [0.15, 0.2) is 18.2 Å². The number of nitrogens with zero attached hydrogens (tertiary/aromatic N) is 1. The molecule has 0 aliphatic carbocycles. The average Bonchev–Trinajstić information content (AvgIpc) is 2.12. The number of benzene rings is 1. The van der Waals surface area contributed by atoms with Crippen LogP contribution in [-0.2, 0) is 0 Å². The second-order valence-corrected chi connectivity index (χ2v) is 5.18. The van der Waals surface area contributed by atoms with E-state index in [1.807, 2.05) is 26.2 Å². The van der Waals surface area contributed by atoms with Crippen molar-refractivity contribution in [2.24, 2.45) is 0 Å². The molecule has 1 unspecified atom stereocenters. The Morgan fingerprint density at radius 2 is 2.07 bits per heavy atom. The molecule has 0 saturated carbocycles. The van der Waals surface area contributed by atoms with E-state index < -0.39 is 0 Å². The second-order valence-electron chi connectivity index (χ2n) is 3.72. The quantitative estimate of drug-likeness (QED) is 0.604. The van der Waals surface area contributed by atoms with Crippen LogP contribution >= 0.6 is 11.6 Å². The van der Waals surface area contributed by atoms with Crippen molar-refractivity contribution >= 4 is 32.7 Å². The average molecular weight is 229 g/mol. The third-order valence-electron chi connectivity index (χ3n) is 2.33. The van der Waals surface area contributed by atoms with E-state index in [1.165, 1.54) is 5.19 Å². The lowest BCUT2D eigenvalue weighted by Gasteiger charge is -2.23. The standard InChI is InChI=1S/C10H17ClN2Si/c1-7(13(2)3)12-8-5-4-6-9(14)10(8)11/h4-7,12H,1-3,14H3. The molecule has 0 amide bonds. The van der Waals surface area contributed by atoms with Crippen molar-refractivity contribution in [1.82, 2.24) is 4.90 Å². The van der Waals surface area contributed by atoms with Crippen LogP contribution in [-0.4, -0.2) is 35.4 Å². The molecule has 1 aromatic rings. The Hall–Kier alpha value is -0.513. The van der Waals surface area contributed by atoms with Gasteiger partial charge in [0.15, 0.2) is 0 Å². The molecule has 1 aromatic carbocycles. The van der Waals surface area contributed by atoms with Crippen molar-refractivity contribution in [2.75, 3.05) is 19.4 Å². The Morgan fingerprint density at radius 3 is 2.64 bits per heavy atom. The summed E-state index contributed by atoms with van der Waals surface area (Å²) in [5.41, 5.74) is 1.03. The number of hydrogen-bond acceptors (Lipinski definition) is 2. The normalized spacial score (nSPS) is 13.2. The van der Waals surface area contributed by atoms with E-state index in [-0.39, 0.29) is 6.17 Å². The maximum absolute atomic E-state index is 6.20. The maximum Gasteiger partial charge on any atom is 0.0759 e. The summed E-state index contributed by atoms with van der Waals surface area (Å²) in [5, 5.41) is 5.47. The van der Waals surface area contributed by atoms with Crippen molar-refractivity contribution in [3.8, 4) is 0 Å². The van der Waals surface area contributed by atoms with E-state index in [4.69, 9.17) is 11.6 Å². The molecule has 0 heterocycles. The maximum atomic E-state index is 6.20. The molecule has 1 atom stereocenters. The first-order chi connectivity index (χ1) is 6.52. The molecular weight excluding hydrogens is 212 g/mol. The van der Waals surface area contributed by atoms with Crippen LogP contribution in [0.1, 0.15) is 6.92 Å². The Balaban J connectivity index is 2.82. The van der Waals surface area contributed by atoms with Crippen LogP contribution < -0.4 is 10.5 Å². The zero-order chi connectivity index (χ0) is 10.7. The summed E-state index contributed by atoms with van der Waals surface area (Å²) in [5.74, 6) is 0. The molecule has 0 bridgehead atoms. The van der Waals surface area contributed by atoms with Crippen molar-refractivity contribution in [3.05, 3.63) is 23.2 Å². The summed E-state index contributed by atoms with van der Waals surface area (Å²) in [6.45, 7) is 2.11. The predicted molar refractivity (Wildman–Crippen MR) is 67.8 cm³/mol. The topological polar surface area (TPSA) is 15.3 Å². The van der Waals surface area contributed by atoms with Gasteiger partial charge in [-0.2, -0.15) is 0 Å². The highest BCUT2D eigenvalue weighted by molar-refractivity contribution is 6.46. The first-order valence-corrected chi connectivity index (χ1v) is 6.08. The zero-order valence-corrected chi connectivity index (χ0v) is 11.9. The van der Waals surface area contributed by atoms with Crippen molar-refractivity contribution < 1.29 is 0 Å². The minimum Gasteiger partial charge on any atom is -0.369 e. The first kappa shape index (κ1) is 11.6. The van der Waals surface area contributed by atoms with Crippen molar-refractivity contribution in [1.29, 1.82) is 0 Å². The van der Waals surface area contributed by atoms with Gasteiger partial charge in [0.1, 0.15) is 0 Å². The second kappa shape index (κ2) is 4.82. The smallest absolute Gasteiger partial charge is 0.0759 e. The van der Waals surface area contributed by atoms with E-state index in [0.717, 1.165) is 21.0 Å². The molecule has 14 heavy (non-hydrogen) atoms. The molecule has 0 spiro atoms. The monoisotopic (exact) mass is 228 g/mol. The largest absolute Gasteiger partial charge is 0.369 e. The highest BCUT2D eigenvalue weighted by Crippen LogP contribution is 2.19. The molecule has 0 aliphatic rings. The lowest BCUT2D eigenvalue weighted by Crippen LogP contribution is -2.32. The molecule has 0 aliphatic heterocycles. The van der Waals surface area contributed by atoms with Gasteiger partial charge in [-0.1, -0.05) is 28.9 Å². The lowest BCUT2D eigenvalue weighted by molar-refractivity contribution is 0.344. The summed E-state index contributed by atoms with van der Waals surface area (Å²) >= 11 is 6.20. The summed E-state index contributed by atoms with van der Waals surface area (Å²) in [6, 6.07) is 6.13. The summed E-state index contributed by atoms with van der Waals surface area (Å²) in [6.07, 6.45) is 0.288. The lowest BCUT2D eigenvalue weighted by atomic mass is 10.3. The summed E-state index contributed by atoms with van der Waals surface area (Å²) < 4.78 is 0. The first-order valence-electron chi connectivity index (χ1n) is 4.70. The minimum absolute atomic E-state index is 0.288. The third-order valence-corrected chi connectivity index (χ3v) is 3.98. The fourth-order valence-corrected chi connectivity index (χ4v) is 1.76. The molecule has 4 heteroatoms. The highest BCUT2D eigenvalue weighted by atomic mass is 35.5. The summed E-state index contributed by atoms with van der Waals surface area (Å²) in [7, 11) is 5.06. The minimum atomic E-state index is 0.288. The predicted octanol–water partition coefficient (Wildman–Crippen LogP) is 0.650. The van der Waals surface area contributed by atoms with Gasteiger partial charge in [0.2, 0.25) is 0 Å². The van der Waals surface area contributed by atoms with Crippen molar-refractivity contribution in [2.45, 2.75) is 13.1 Å². The van der Waals surface area contributed by atoms with Gasteiger partial charge >= 0.3 is 0 Å². The summed E-state index contributed by atoms with van der Waals surface area (Å²) in [4.78, 5) is 2.11. The molecule has 78 valence electrons. The van der Waals surface area contributed by atoms with E-state index in [9.17, 15) is 0 Å². The molecule has 0 radical (unpaired) electrons. The molecule has 1 rings (SSSR count). The van der Waals surface area contributed by atoms with Crippen LogP contribution in [0.25, 0.3) is 0 Å². The Bertz CT molecular complexity index is 315. The van der Waals surface area contributed by atoms with Crippen LogP contribution in [0.2, 0.25) is 5.02 Å². The fourth-order valence-electron chi connectivity index (χ4n) is 1.11. The SMILES string of the molecule is CC(Nc1cccc([SiH3])c1Cl)N(C)C. The molecular formula is C10H17ClN2Si. The van der Waals surface area contributed by atoms with E-state index in [2.05, 4.69) is 23.2 Å². The third kappa shape index (κ3) is 2.74. The molecule has 0 saturated heterocycles. The van der Waals surface area contributed by atoms with Crippen LogP contribution in [0, 0.1) is 0 Å². The van der Waals surface area contributed by atoms with Gasteiger partial charge in [-0.15, -0.1) is 0 Å². The number of rotatable bonds is 3. The van der Waals surface area contributed by atoms with Gasteiger partial charge in [-0.25, -0.2) is 0 Å². The molecule has 0 aromatic heterocycles. The number of halogens is 1. The van der Waals surface area contributed by atoms with Gasteiger partial charge in [-0.05, 0) is 27.1 Å². The fraction of sp³-hybridized carbons (Fsp3) is 0.400. The van der Waals surface area contributed by atoms with Gasteiger partial charge in [-0.3, -0.25) is 4.90 Å². The zero-order valence-electron chi connectivity index (χ0n) is 9.13. The van der Waals surface area contributed by atoms with Crippen LogP contribution in [0.4, 0.5) is 5.69 Å². The van der Waals surface area contributed by atoms with Gasteiger partial charge < -0.3 is 5.32 Å². The number of hydrogen-bond donors (Lipinski definition) is 1. The highest BCUT2D eigenvalue weighted by Gasteiger charge is 2.07.